The van der Waals surface area contributed by atoms with E-state index in [0.717, 1.165) is 49.8 Å². The second-order valence-electron chi connectivity index (χ2n) is 9.00. The summed E-state index contributed by atoms with van der Waals surface area (Å²) in [7, 11) is 0. The van der Waals surface area contributed by atoms with Crippen LogP contribution in [0, 0.1) is 5.92 Å². The Balaban J connectivity index is 1.41. The Morgan fingerprint density at radius 2 is 1.85 bits per heavy atom. The van der Waals surface area contributed by atoms with Crippen molar-refractivity contribution in [3.05, 3.63) is 77.4 Å². The first-order valence-electron chi connectivity index (χ1n) is 12.1. The van der Waals surface area contributed by atoms with Crippen LogP contribution < -0.4 is 4.74 Å². The molecule has 1 unspecified atom stereocenters. The molecule has 0 bridgehead atoms. The number of imidazole rings is 1. The minimum atomic E-state index is 0.0630. The molecule has 0 aliphatic carbocycles. The number of piperidine rings is 1. The van der Waals surface area contributed by atoms with Crippen molar-refractivity contribution >= 4 is 5.91 Å². The number of nitrogens with one attached hydrogen (secondary N) is 1. The zero-order chi connectivity index (χ0) is 22.8. The van der Waals surface area contributed by atoms with Crippen molar-refractivity contribution in [1.82, 2.24) is 19.8 Å². The van der Waals surface area contributed by atoms with Crippen molar-refractivity contribution in [2.24, 2.45) is 5.92 Å². The highest BCUT2D eigenvalue weighted by Gasteiger charge is 2.35. The van der Waals surface area contributed by atoms with Crippen molar-refractivity contribution in [1.29, 1.82) is 0 Å². The Bertz CT molecular complexity index is 1100. The summed E-state index contributed by atoms with van der Waals surface area (Å²) < 4.78 is 6.33. The van der Waals surface area contributed by atoms with Crippen molar-refractivity contribution in [3.8, 4) is 11.5 Å². The summed E-state index contributed by atoms with van der Waals surface area (Å²) in [5.41, 5.74) is 3.16. The maximum Gasteiger partial charge on any atom is 0.253 e. The number of hydrogen-bond acceptors (Lipinski definition) is 4. The van der Waals surface area contributed by atoms with Gasteiger partial charge < -0.3 is 14.6 Å². The number of likely N-dealkylation sites (tertiary alicyclic amines) is 1. The van der Waals surface area contributed by atoms with Gasteiger partial charge in [-0.2, -0.15) is 0 Å². The van der Waals surface area contributed by atoms with Gasteiger partial charge >= 0.3 is 0 Å². The van der Waals surface area contributed by atoms with Crippen LogP contribution in [0.4, 0.5) is 0 Å². The van der Waals surface area contributed by atoms with Gasteiger partial charge in [0.05, 0.1) is 6.54 Å². The molecule has 0 radical (unpaired) electrons. The summed E-state index contributed by atoms with van der Waals surface area (Å²) in [5, 5.41) is 0. The normalized spacial score (nSPS) is 18.3. The minimum absolute atomic E-state index is 0.0630. The number of rotatable bonds is 6. The molecule has 5 rings (SSSR count). The third kappa shape index (κ3) is 4.27. The quantitative estimate of drug-likeness (QED) is 0.579. The Morgan fingerprint density at radius 1 is 1.09 bits per heavy atom. The van der Waals surface area contributed by atoms with Crippen molar-refractivity contribution in [2.45, 2.75) is 39.2 Å². The Labute approximate surface area is 195 Å². The molecule has 2 aliphatic rings. The van der Waals surface area contributed by atoms with E-state index in [4.69, 9.17) is 4.74 Å². The Kier molecular flexibility index (Phi) is 6.18. The van der Waals surface area contributed by atoms with Gasteiger partial charge in [0.25, 0.3) is 5.91 Å². The lowest BCUT2D eigenvalue weighted by Gasteiger charge is -2.39. The topological polar surface area (TPSA) is 61.5 Å². The number of hydrogen-bond donors (Lipinski definition) is 1. The second kappa shape index (κ2) is 9.40. The first-order valence-corrected chi connectivity index (χ1v) is 12.1. The summed E-state index contributed by atoms with van der Waals surface area (Å²) >= 11 is 0. The molecular formula is C27H32N4O2. The lowest BCUT2D eigenvalue weighted by molar-refractivity contribution is 0.0772. The average Bonchev–Trinajstić information content (AvgIpc) is 3.36. The number of amides is 1. The van der Waals surface area contributed by atoms with Crippen molar-refractivity contribution in [3.63, 3.8) is 0 Å². The van der Waals surface area contributed by atoms with Crippen LogP contribution in [0.3, 0.4) is 0 Å². The van der Waals surface area contributed by atoms with E-state index in [1.165, 1.54) is 11.1 Å². The minimum Gasteiger partial charge on any atom is -0.457 e. The van der Waals surface area contributed by atoms with E-state index in [9.17, 15) is 4.79 Å². The molecule has 1 aromatic heterocycles. The zero-order valence-corrected chi connectivity index (χ0v) is 19.5. The molecule has 3 aromatic rings. The van der Waals surface area contributed by atoms with E-state index in [1.54, 1.807) is 0 Å². The molecule has 1 fully saturated rings. The van der Waals surface area contributed by atoms with E-state index in [2.05, 4.69) is 39.1 Å². The maximum absolute atomic E-state index is 12.9. The number of carbonyl (C=O) groups is 1. The molecule has 172 valence electrons. The molecule has 2 aliphatic heterocycles. The van der Waals surface area contributed by atoms with Gasteiger partial charge in [-0.1, -0.05) is 24.3 Å². The molecular weight excluding hydrogens is 412 g/mol. The van der Waals surface area contributed by atoms with Gasteiger partial charge in [0.15, 0.2) is 0 Å². The third-order valence-corrected chi connectivity index (χ3v) is 7.15. The van der Waals surface area contributed by atoms with Crippen LogP contribution in [0.25, 0.3) is 0 Å². The van der Waals surface area contributed by atoms with Crippen molar-refractivity contribution < 1.29 is 9.53 Å². The van der Waals surface area contributed by atoms with Crippen LogP contribution in [0.15, 0.2) is 54.9 Å². The summed E-state index contributed by atoms with van der Waals surface area (Å²) in [5.74, 6) is 3.66. The summed E-state index contributed by atoms with van der Waals surface area (Å²) in [6, 6.07) is 14.4. The van der Waals surface area contributed by atoms with Crippen LogP contribution in [0.1, 0.15) is 59.9 Å². The number of carbonyl (C=O) groups excluding carboxylic acids is 1. The highest BCUT2D eigenvalue weighted by Crippen LogP contribution is 2.50. The molecule has 6 heteroatoms. The first-order chi connectivity index (χ1) is 16.2. The summed E-state index contributed by atoms with van der Waals surface area (Å²) in [6.45, 7) is 8.42. The fourth-order valence-corrected chi connectivity index (χ4v) is 5.37. The summed E-state index contributed by atoms with van der Waals surface area (Å²) in [4.78, 5) is 24.9. The first kappa shape index (κ1) is 21.7. The highest BCUT2D eigenvalue weighted by atomic mass is 16.5. The largest absolute Gasteiger partial charge is 0.457 e. The molecule has 0 saturated carbocycles. The average molecular weight is 445 g/mol. The molecule has 1 saturated heterocycles. The third-order valence-electron chi connectivity index (χ3n) is 7.15. The number of benzene rings is 2. The van der Waals surface area contributed by atoms with E-state index < -0.39 is 0 Å². The fraction of sp³-hybridized carbons (Fsp3) is 0.407. The molecule has 1 N–H and O–H groups in total. The van der Waals surface area contributed by atoms with Crippen LogP contribution >= 0.6 is 0 Å². The fourth-order valence-electron chi connectivity index (χ4n) is 5.37. The maximum atomic E-state index is 12.9. The molecule has 1 atom stereocenters. The van der Waals surface area contributed by atoms with Gasteiger partial charge in [0.2, 0.25) is 0 Å². The van der Waals surface area contributed by atoms with E-state index in [1.807, 2.05) is 49.3 Å². The van der Waals surface area contributed by atoms with E-state index in [0.29, 0.717) is 24.6 Å². The number of ether oxygens (including phenoxy) is 1. The van der Waals surface area contributed by atoms with Crippen LogP contribution in [-0.2, 0) is 6.54 Å². The van der Waals surface area contributed by atoms with Crippen LogP contribution in [0.2, 0.25) is 0 Å². The zero-order valence-electron chi connectivity index (χ0n) is 19.5. The predicted octanol–water partition coefficient (Wildman–Crippen LogP) is 5.04. The molecule has 6 nitrogen and oxygen atoms in total. The standard InChI is InChI=1S/C27H32N4O2/c1-3-31(4-2)27(32)20-9-10-22-24(17-20)33-23-8-6-5-7-21(23)26(22)19-11-15-30(16-12-19)18-25-28-13-14-29-25/h5-10,13-14,17,19,26H,3-4,11-12,15-16,18H2,1-2H3,(H,28,29). The van der Waals surface area contributed by atoms with E-state index >= 15 is 0 Å². The van der Waals surface area contributed by atoms with Gasteiger partial charge in [0.1, 0.15) is 17.3 Å². The number of nitrogens with zero attached hydrogens (tertiary/aromatic N) is 3. The Hall–Kier alpha value is -3.12. The molecule has 33 heavy (non-hydrogen) atoms. The SMILES string of the molecule is CCN(CC)C(=O)c1ccc2c(c1)Oc1ccccc1C2C1CCN(Cc2ncc[nH]2)CC1. The van der Waals surface area contributed by atoms with Gasteiger partial charge in [-0.05, 0) is 63.9 Å². The second-order valence-corrected chi connectivity index (χ2v) is 9.00. The Morgan fingerprint density at radius 3 is 2.58 bits per heavy atom. The number of fused-ring (bicyclic) bond motifs is 2. The van der Waals surface area contributed by atoms with Crippen LogP contribution in [0.5, 0.6) is 11.5 Å². The van der Waals surface area contributed by atoms with Gasteiger partial charge in [-0.15, -0.1) is 0 Å². The van der Waals surface area contributed by atoms with Crippen LogP contribution in [-0.4, -0.2) is 51.9 Å². The molecule has 0 spiro atoms. The van der Waals surface area contributed by atoms with Gasteiger partial charge in [0, 0.05) is 48.1 Å². The lowest BCUT2D eigenvalue weighted by atomic mass is 9.74. The summed E-state index contributed by atoms with van der Waals surface area (Å²) in [6.07, 6.45) is 5.95. The monoisotopic (exact) mass is 444 g/mol. The number of aromatic amines is 1. The predicted molar refractivity (Wildman–Crippen MR) is 129 cm³/mol. The van der Waals surface area contributed by atoms with Crippen molar-refractivity contribution in [2.75, 3.05) is 26.2 Å². The van der Waals surface area contributed by atoms with Gasteiger partial charge in [-0.25, -0.2) is 4.98 Å². The molecule has 2 aromatic carbocycles. The highest BCUT2D eigenvalue weighted by molar-refractivity contribution is 5.95. The number of aromatic nitrogens is 2. The number of para-hydroxylation sites is 1. The van der Waals surface area contributed by atoms with E-state index in [-0.39, 0.29) is 11.8 Å². The number of H-pyrrole nitrogens is 1. The smallest absolute Gasteiger partial charge is 0.253 e. The lowest BCUT2D eigenvalue weighted by Crippen LogP contribution is -2.36. The molecule has 1 amide bonds. The van der Waals surface area contributed by atoms with Gasteiger partial charge in [-0.3, -0.25) is 9.69 Å². The molecule has 3 heterocycles.